The number of amides is 7. The van der Waals surface area contributed by atoms with E-state index in [-0.39, 0.29) is 83.8 Å². The molecule has 4 atom stereocenters. The number of carbonyl (C=O) groups is 8. The largest absolute Gasteiger partial charge is 0.480 e. The molecule has 8 N–H and O–H groups in total. The lowest BCUT2D eigenvalue weighted by molar-refractivity contribution is -0.150. The molecule has 0 saturated carbocycles. The molecule has 1 aliphatic heterocycles. The Labute approximate surface area is 453 Å². The van der Waals surface area contributed by atoms with E-state index in [0.29, 0.717) is 24.8 Å². The minimum atomic E-state index is -1.35. The number of likely N-dealkylation sites (tertiary alicyclic amines) is 1. The molecule has 1 aliphatic rings. The van der Waals surface area contributed by atoms with Crippen LogP contribution in [0.25, 0.3) is 0 Å². The summed E-state index contributed by atoms with van der Waals surface area (Å²) in [6.07, 6.45) is -0.306. The highest BCUT2D eigenvalue weighted by Crippen LogP contribution is 2.24. The number of carbonyl (C=O) groups excluding carboxylic acids is 7. The Morgan fingerprint density at radius 1 is 0.558 bits per heavy atom. The molecule has 7 amide bonds. The summed E-state index contributed by atoms with van der Waals surface area (Å²) in [6, 6.07) is 22.6. The summed E-state index contributed by atoms with van der Waals surface area (Å²) in [6.45, 7) is 15.0. The molecule has 3 aromatic rings. The Bertz CT molecular complexity index is 2370. The number of alkyl carbamates (subject to hydrolysis) is 3. The number of carboxylic acid groups (broad SMARTS) is 1. The third-order valence-corrected chi connectivity index (χ3v) is 12.4. The molecule has 1 heterocycles. The fourth-order valence-electron chi connectivity index (χ4n) is 8.50. The molecule has 0 unspecified atom stereocenters. The van der Waals surface area contributed by atoms with E-state index in [1.807, 2.05) is 68.4 Å². The second-order valence-electron chi connectivity index (χ2n) is 21.8. The van der Waals surface area contributed by atoms with Gasteiger partial charge in [-0.15, -0.1) is 0 Å². The minimum absolute atomic E-state index is 0.0263. The van der Waals surface area contributed by atoms with Crippen LogP contribution in [0, 0.1) is 5.92 Å². The number of carboxylic acids is 1. The molecule has 20 heteroatoms. The number of nitrogens with one attached hydrogen (secondary N) is 7. The van der Waals surface area contributed by atoms with Crippen LogP contribution in [-0.2, 0) is 57.6 Å². The fraction of sp³-hybridized carbons (Fsp3) is 0.544. The van der Waals surface area contributed by atoms with E-state index in [1.54, 1.807) is 77.9 Å². The number of ether oxygens (including phenoxy) is 3. The number of unbranched alkanes of at least 4 members (excludes halogenated alkanes) is 1. The van der Waals surface area contributed by atoms with E-state index < -0.39 is 88.8 Å². The lowest BCUT2D eigenvalue weighted by Crippen LogP contribution is -2.62. The number of hydrogen-bond donors (Lipinski definition) is 8. The van der Waals surface area contributed by atoms with Crippen LogP contribution in [0.3, 0.4) is 0 Å². The van der Waals surface area contributed by atoms with Gasteiger partial charge < -0.3 is 61.4 Å². The summed E-state index contributed by atoms with van der Waals surface area (Å²) < 4.78 is 16.1. The molecule has 1 saturated heterocycles. The predicted molar refractivity (Wildman–Crippen MR) is 290 cm³/mol. The first-order valence-corrected chi connectivity index (χ1v) is 26.6. The molecule has 0 bridgehead atoms. The zero-order valence-electron chi connectivity index (χ0n) is 46.0. The van der Waals surface area contributed by atoms with Crippen molar-refractivity contribution in [3.8, 4) is 0 Å². The van der Waals surface area contributed by atoms with Crippen molar-refractivity contribution in [3.05, 3.63) is 108 Å². The molecule has 4 rings (SSSR count). The standard InChI is InChI=1S/C57H82N8O12/c1-39(2)35-44(62-48(67)45(36-40-21-12-9-13-22-40)63-49(68)46(37-41-23-14-10-15-24-41)64-54(74)77-56(6,7)8)47(66)61-43(27-18-19-30-58-52(72)75-38-42-25-16-11-17-26-42)50(69)65-33-28-57(29-34-65,51(70)71)60-32-20-31-59-53(73)76-55(3,4)5/h9-17,21-26,39,43-46,60H,18-20,27-38H2,1-8H3,(H,58,72)(H,59,73)(H,61,66)(H,62,67)(H,63,68)(H,64,74)(H,70,71)/t43-,44-,45-,46-/m1/s1. The maximum atomic E-state index is 14.6. The average molecular weight is 1070 g/mol. The molecule has 20 nitrogen and oxygen atoms in total. The third-order valence-electron chi connectivity index (χ3n) is 12.4. The van der Waals surface area contributed by atoms with Gasteiger partial charge in [-0.25, -0.2) is 14.4 Å². The number of rotatable bonds is 27. The molecule has 77 heavy (non-hydrogen) atoms. The lowest BCUT2D eigenvalue weighted by atomic mass is 9.87. The number of benzene rings is 3. The van der Waals surface area contributed by atoms with Crippen LogP contribution in [-0.4, -0.2) is 132 Å². The van der Waals surface area contributed by atoms with E-state index in [4.69, 9.17) is 14.2 Å². The second-order valence-corrected chi connectivity index (χ2v) is 21.8. The molecule has 1 fully saturated rings. The Kier molecular flexibility index (Phi) is 24.7. The van der Waals surface area contributed by atoms with Crippen LogP contribution in [0.4, 0.5) is 14.4 Å². The van der Waals surface area contributed by atoms with Crippen LogP contribution in [0.2, 0.25) is 0 Å². The normalized spacial score (nSPS) is 14.8. The quantitative estimate of drug-likeness (QED) is 0.0326. The Morgan fingerprint density at radius 2 is 1.01 bits per heavy atom. The highest BCUT2D eigenvalue weighted by atomic mass is 16.6. The van der Waals surface area contributed by atoms with Gasteiger partial charge in [0.2, 0.25) is 23.6 Å². The van der Waals surface area contributed by atoms with Gasteiger partial charge >= 0.3 is 24.2 Å². The van der Waals surface area contributed by atoms with Crippen molar-refractivity contribution in [2.24, 2.45) is 5.92 Å². The van der Waals surface area contributed by atoms with Gasteiger partial charge in [-0.1, -0.05) is 105 Å². The Hall–Kier alpha value is -7.22. The molecule has 0 aromatic heterocycles. The van der Waals surface area contributed by atoms with Gasteiger partial charge in [-0.3, -0.25) is 24.0 Å². The van der Waals surface area contributed by atoms with Crippen LogP contribution < -0.4 is 37.2 Å². The third kappa shape index (κ3) is 23.3. The molecule has 3 aromatic carbocycles. The van der Waals surface area contributed by atoms with Crippen molar-refractivity contribution in [1.29, 1.82) is 0 Å². The van der Waals surface area contributed by atoms with E-state index in [2.05, 4.69) is 37.2 Å². The summed E-state index contributed by atoms with van der Waals surface area (Å²) in [7, 11) is 0. The monoisotopic (exact) mass is 1070 g/mol. The van der Waals surface area contributed by atoms with Gasteiger partial charge in [-0.05, 0) is 116 Å². The van der Waals surface area contributed by atoms with Crippen molar-refractivity contribution in [2.75, 3.05) is 32.7 Å². The molecule has 0 radical (unpaired) electrons. The smallest absolute Gasteiger partial charge is 0.408 e. The summed E-state index contributed by atoms with van der Waals surface area (Å²) >= 11 is 0. The van der Waals surface area contributed by atoms with E-state index in [0.717, 1.165) is 11.1 Å². The number of nitrogens with zero attached hydrogens (tertiary/aromatic N) is 1. The summed E-state index contributed by atoms with van der Waals surface area (Å²) in [5.74, 6) is -3.64. The number of aliphatic carboxylic acids is 1. The van der Waals surface area contributed by atoms with Gasteiger partial charge in [0.05, 0.1) is 0 Å². The van der Waals surface area contributed by atoms with Crippen LogP contribution in [0.5, 0.6) is 0 Å². The van der Waals surface area contributed by atoms with E-state index >= 15 is 0 Å². The lowest BCUT2D eigenvalue weighted by Gasteiger charge is -2.40. The van der Waals surface area contributed by atoms with Gasteiger partial charge in [0.15, 0.2) is 0 Å². The maximum Gasteiger partial charge on any atom is 0.408 e. The van der Waals surface area contributed by atoms with Gasteiger partial charge in [0.1, 0.15) is 47.5 Å². The van der Waals surface area contributed by atoms with Gasteiger partial charge in [0.25, 0.3) is 0 Å². The highest BCUT2D eigenvalue weighted by molar-refractivity contribution is 5.95. The van der Waals surface area contributed by atoms with Crippen molar-refractivity contribution < 1.29 is 57.7 Å². The molecule has 0 spiro atoms. The first kappa shape index (κ1) is 62.3. The molecule has 0 aliphatic carbocycles. The van der Waals surface area contributed by atoms with Crippen molar-refractivity contribution in [1.82, 2.24) is 42.1 Å². The second kappa shape index (κ2) is 30.5. The molecular weight excluding hydrogens is 989 g/mol. The first-order valence-electron chi connectivity index (χ1n) is 26.6. The number of hydrogen-bond acceptors (Lipinski definition) is 12. The van der Waals surface area contributed by atoms with Crippen molar-refractivity contribution >= 4 is 47.9 Å². The topological polar surface area (TPSA) is 272 Å². The zero-order valence-corrected chi connectivity index (χ0v) is 46.0. The van der Waals surface area contributed by atoms with Crippen LogP contribution >= 0.6 is 0 Å². The SMILES string of the molecule is CC(C)C[C@@H](NC(=O)[C@@H](Cc1ccccc1)NC(=O)[C@@H](Cc1ccccc1)NC(=O)OC(C)(C)C)C(=O)N[C@H](CCCCNC(=O)OCc1ccccc1)C(=O)N1CCC(NCCCNC(=O)OC(C)(C)C)(C(=O)O)CC1. The number of piperidine rings is 1. The van der Waals surface area contributed by atoms with Crippen LogP contribution in [0.1, 0.15) is 117 Å². The summed E-state index contributed by atoms with van der Waals surface area (Å²) in [4.78, 5) is 110. The Balaban J connectivity index is 1.52. The summed E-state index contributed by atoms with van der Waals surface area (Å²) in [5, 5.41) is 30.2. The molecule has 422 valence electrons. The van der Waals surface area contributed by atoms with Crippen LogP contribution in [0.15, 0.2) is 91.0 Å². The average Bonchev–Trinajstić information content (AvgIpc) is 3.36. The predicted octanol–water partition coefficient (Wildman–Crippen LogP) is 5.91. The molecular formula is C57H82N8O12. The fourth-order valence-corrected chi connectivity index (χ4v) is 8.50. The van der Waals surface area contributed by atoms with Gasteiger partial charge in [0, 0.05) is 39.0 Å². The van der Waals surface area contributed by atoms with Gasteiger partial charge in [-0.2, -0.15) is 0 Å². The Morgan fingerprint density at radius 3 is 1.53 bits per heavy atom. The van der Waals surface area contributed by atoms with Crippen molar-refractivity contribution in [2.45, 2.75) is 161 Å². The maximum absolute atomic E-state index is 14.6. The zero-order chi connectivity index (χ0) is 56.6. The first-order chi connectivity index (χ1) is 36.4. The highest BCUT2D eigenvalue weighted by Gasteiger charge is 2.43. The summed E-state index contributed by atoms with van der Waals surface area (Å²) in [5.41, 5.74) is -0.606. The minimum Gasteiger partial charge on any atom is -0.480 e. The van der Waals surface area contributed by atoms with E-state index in [9.17, 15) is 43.5 Å². The van der Waals surface area contributed by atoms with E-state index in [1.165, 1.54) is 4.90 Å². The van der Waals surface area contributed by atoms with Crippen molar-refractivity contribution in [3.63, 3.8) is 0 Å².